The molecule has 0 aliphatic heterocycles. The van der Waals surface area contributed by atoms with Gasteiger partial charge >= 0.3 is 5.97 Å². The highest BCUT2D eigenvalue weighted by Crippen LogP contribution is 2.30. The van der Waals surface area contributed by atoms with E-state index in [1.807, 2.05) is 0 Å². The summed E-state index contributed by atoms with van der Waals surface area (Å²) in [6, 6.07) is 0. The van der Waals surface area contributed by atoms with Crippen molar-refractivity contribution in [2.45, 2.75) is 188 Å². The Hall–Kier alpha value is -1.05. The van der Waals surface area contributed by atoms with Crippen LogP contribution in [0.1, 0.15) is 188 Å². The maximum atomic E-state index is 11.5. The van der Waals surface area contributed by atoms with Crippen LogP contribution in [-0.2, 0) is 4.79 Å². The molecule has 38 heavy (non-hydrogen) atoms. The van der Waals surface area contributed by atoms with E-state index in [1.165, 1.54) is 148 Å². The number of carboxylic acid groups (broad SMARTS) is 1. The topological polar surface area (TPSA) is 37.3 Å². The van der Waals surface area contributed by atoms with Crippen LogP contribution in [0.4, 0.5) is 0 Å². The lowest BCUT2D eigenvalue weighted by Crippen LogP contribution is -2.18. The summed E-state index contributed by atoms with van der Waals surface area (Å²) < 4.78 is 0. The van der Waals surface area contributed by atoms with Crippen molar-refractivity contribution in [2.24, 2.45) is 11.8 Å². The standard InChI is InChI=1S/C36H68O2/c1-4-7-9-11-13-15-17-19-21-23-25-27-29-31-34(6-3)35(33-36(37)38)32-30-28-26-24-22-20-18-16-14-12-10-8-5-2/h19-22,34-35H,4-18,23-33H2,1-3H3,(H,37,38). The minimum Gasteiger partial charge on any atom is -0.481 e. The number of carboxylic acids is 1. The Morgan fingerprint density at radius 1 is 0.500 bits per heavy atom. The van der Waals surface area contributed by atoms with Crippen molar-refractivity contribution in [2.75, 3.05) is 0 Å². The Morgan fingerprint density at radius 2 is 0.842 bits per heavy atom. The fourth-order valence-corrected chi connectivity index (χ4v) is 5.75. The van der Waals surface area contributed by atoms with Crippen molar-refractivity contribution < 1.29 is 9.90 Å². The minimum atomic E-state index is -0.610. The van der Waals surface area contributed by atoms with Gasteiger partial charge in [0, 0.05) is 6.42 Å². The molecule has 0 amide bonds. The fourth-order valence-electron chi connectivity index (χ4n) is 5.75. The molecule has 1 N–H and O–H groups in total. The van der Waals surface area contributed by atoms with Crippen LogP contribution in [0, 0.1) is 11.8 Å². The Kier molecular flexibility index (Phi) is 29.6. The Bertz CT molecular complexity index is 535. The molecule has 2 unspecified atom stereocenters. The van der Waals surface area contributed by atoms with Crippen LogP contribution in [0.25, 0.3) is 0 Å². The van der Waals surface area contributed by atoms with Gasteiger partial charge < -0.3 is 5.11 Å². The normalized spacial score (nSPS) is 13.6. The van der Waals surface area contributed by atoms with Crippen LogP contribution in [0.5, 0.6) is 0 Å². The highest BCUT2D eigenvalue weighted by Gasteiger charge is 2.22. The van der Waals surface area contributed by atoms with Crippen molar-refractivity contribution in [1.29, 1.82) is 0 Å². The third-order valence-corrected chi connectivity index (χ3v) is 8.30. The van der Waals surface area contributed by atoms with E-state index >= 15 is 0 Å². The van der Waals surface area contributed by atoms with Crippen LogP contribution < -0.4 is 0 Å². The molecule has 0 spiro atoms. The second-order valence-electron chi connectivity index (χ2n) is 11.9. The molecule has 2 atom stereocenters. The van der Waals surface area contributed by atoms with Crippen LogP contribution >= 0.6 is 0 Å². The first-order valence-corrected chi connectivity index (χ1v) is 17.2. The first kappa shape index (κ1) is 37.0. The van der Waals surface area contributed by atoms with E-state index in [1.54, 1.807) is 0 Å². The fraction of sp³-hybridized carbons (Fsp3) is 0.861. The summed E-state index contributed by atoms with van der Waals surface area (Å²) in [5.41, 5.74) is 0. The summed E-state index contributed by atoms with van der Waals surface area (Å²) in [5, 5.41) is 9.50. The van der Waals surface area contributed by atoms with Gasteiger partial charge in [0.2, 0.25) is 0 Å². The molecule has 0 aliphatic rings. The van der Waals surface area contributed by atoms with E-state index < -0.39 is 5.97 Å². The van der Waals surface area contributed by atoms with Gasteiger partial charge in [-0.2, -0.15) is 0 Å². The molecule has 0 aromatic heterocycles. The molecule has 0 radical (unpaired) electrons. The van der Waals surface area contributed by atoms with Gasteiger partial charge in [-0.1, -0.05) is 148 Å². The van der Waals surface area contributed by atoms with Gasteiger partial charge in [0.1, 0.15) is 0 Å². The van der Waals surface area contributed by atoms with Crippen LogP contribution in [-0.4, -0.2) is 11.1 Å². The second-order valence-corrected chi connectivity index (χ2v) is 11.9. The molecule has 0 rings (SSSR count). The number of carbonyl (C=O) groups is 1. The van der Waals surface area contributed by atoms with Crippen molar-refractivity contribution in [3.05, 3.63) is 24.3 Å². The summed E-state index contributed by atoms with van der Waals surface area (Å²) in [6.45, 7) is 6.81. The molecular formula is C36H68O2. The Labute approximate surface area is 239 Å². The van der Waals surface area contributed by atoms with Crippen LogP contribution in [0.15, 0.2) is 24.3 Å². The average molecular weight is 533 g/mol. The van der Waals surface area contributed by atoms with Crippen molar-refractivity contribution >= 4 is 5.97 Å². The van der Waals surface area contributed by atoms with E-state index in [4.69, 9.17) is 0 Å². The smallest absolute Gasteiger partial charge is 0.303 e. The molecule has 0 saturated carbocycles. The van der Waals surface area contributed by atoms with Gasteiger partial charge in [-0.05, 0) is 69.6 Å². The number of rotatable bonds is 30. The maximum absolute atomic E-state index is 11.5. The summed E-state index contributed by atoms with van der Waals surface area (Å²) in [5.74, 6) is 0.325. The SMILES string of the molecule is CCCCCCCCC=CCCCCCC(CC)C(CCCCCC=CCCCCCCCC)CC(=O)O. The molecule has 2 nitrogen and oxygen atoms in total. The van der Waals surface area contributed by atoms with Gasteiger partial charge in [-0.15, -0.1) is 0 Å². The molecule has 0 fully saturated rings. The van der Waals surface area contributed by atoms with Gasteiger partial charge in [-0.3, -0.25) is 4.79 Å². The highest BCUT2D eigenvalue weighted by molar-refractivity contribution is 5.67. The molecular weight excluding hydrogens is 464 g/mol. The first-order chi connectivity index (χ1) is 18.7. The summed E-state index contributed by atoms with van der Waals surface area (Å²) in [7, 11) is 0. The lowest BCUT2D eigenvalue weighted by atomic mass is 9.80. The number of unbranched alkanes of at least 4 members (excludes halogenated alkanes) is 18. The summed E-state index contributed by atoms with van der Waals surface area (Å²) in [4.78, 5) is 11.5. The predicted octanol–water partition coefficient (Wildman–Crippen LogP) is 12.6. The number of hydrogen-bond acceptors (Lipinski definition) is 1. The lowest BCUT2D eigenvalue weighted by molar-refractivity contribution is -0.138. The van der Waals surface area contributed by atoms with Gasteiger partial charge in [0.25, 0.3) is 0 Å². The van der Waals surface area contributed by atoms with Crippen LogP contribution in [0.3, 0.4) is 0 Å². The predicted molar refractivity (Wildman–Crippen MR) is 170 cm³/mol. The molecule has 0 bridgehead atoms. The van der Waals surface area contributed by atoms with Gasteiger partial charge in [-0.25, -0.2) is 0 Å². The molecule has 0 saturated heterocycles. The molecule has 224 valence electrons. The van der Waals surface area contributed by atoms with E-state index in [-0.39, 0.29) is 0 Å². The quantitative estimate of drug-likeness (QED) is 0.0737. The molecule has 0 aromatic rings. The zero-order chi connectivity index (χ0) is 27.9. The molecule has 0 aliphatic carbocycles. The molecule has 2 heteroatoms. The monoisotopic (exact) mass is 533 g/mol. The third kappa shape index (κ3) is 26.6. The first-order valence-electron chi connectivity index (χ1n) is 17.2. The zero-order valence-electron chi connectivity index (χ0n) is 26.2. The van der Waals surface area contributed by atoms with E-state index in [2.05, 4.69) is 45.1 Å². The van der Waals surface area contributed by atoms with E-state index in [0.29, 0.717) is 18.3 Å². The van der Waals surface area contributed by atoms with Crippen molar-refractivity contribution in [3.8, 4) is 0 Å². The lowest BCUT2D eigenvalue weighted by Gasteiger charge is -2.25. The average Bonchev–Trinajstić information content (AvgIpc) is 2.91. The third-order valence-electron chi connectivity index (χ3n) is 8.30. The zero-order valence-corrected chi connectivity index (χ0v) is 26.2. The van der Waals surface area contributed by atoms with Gasteiger partial charge in [0.05, 0.1) is 0 Å². The second kappa shape index (κ2) is 30.5. The van der Waals surface area contributed by atoms with Crippen molar-refractivity contribution in [3.63, 3.8) is 0 Å². The highest BCUT2D eigenvalue weighted by atomic mass is 16.4. The number of hydrogen-bond donors (Lipinski definition) is 1. The largest absolute Gasteiger partial charge is 0.481 e. The van der Waals surface area contributed by atoms with Gasteiger partial charge in [0.15, 0.2) is 0 Å². The minimum absolute atomic E-state index is 0.359. The van der Waals surface area contributed by atoms with Crippen LogP contribution in [0.2, 0.25) is 0 Å². The van der Waals surface area contributed by atoms with E-state index in [9.17, 15) is 9.90 Å². The maximum Gasteiger partial charge on any atom is 0.303 e. The van der Waals surface area contributed by atoms with E-state index in [0.717, 1.165) is 12.8 Å². The number of aliphatic carboxylic acids is 1. The Morgan fingerprint density at radius 3 is 1.21 bits per heavy atom. The summed E-state index contributed by atoms with van der Waals surface area (Å²) >= 11 is 0. The van der Waals surface area contributed by atoms with Crippen molar-refractivity contribution in [1.82, 2.24) is 0 Å². The molecule has 0 heterocycles. The molecule has 0 aromatic carbocycles. The number of allylic oxidation sites excluding steroid dienone is 4. The summed E-state index contributed by atoms with van der Waals surface area (Å²) in [6.07, 6.45) is 42.2. The Balaban J connectivity index is 3.93.